The highest BCUT2D eigenvalue weighted by Crippen LogP contribution is 2.12. The Hall–Kier alpha value is 0.250. The van der Waals surface area contributed by atoms with Crippen molar-refractivity contribution < 1.29 is 5.11 Å². The fourth-order valence-corrected chi connectivity index (χ4v) is 1.93. The van der Waals surface area contributed by atoms with Crippen LogP contribution in [-0.2, 0) is 0 Å². The van der Waals surface area contributed by atoms with Gasteiger partial charge < -0.3 is 5.11 Å². The molecule has 0 saturated heterocycles. The number of halogens is 1. The Balaban J connectivity index is 2.87. The van der Waals surface area contributed by atoms with E-state index in [9.17, 15) is 0 Å². The number of aliphatic hydroxyl groups excluding tert-OH is 1. The molecule has 0 aliphatic rings. The molecule has 0 aromatic rings. The molecule has 0 rings (SSSR count). The van der Waals surface area contributed by atoms with Gasteiger partial charge in [-0.1, -0.05) is 51.4 Å². The molecule has 0 aromatic carbocycles. The molecule has 0 aromatic heterocycles. The molecule has 0 aliphatic heterocycles. The van der Waals surface area contributed by atoms with Crippen LogP contribution in [0.5, 0.6) is 0 Å². The van der Waals surface area contributed by atoms with E-state index in [1.165, 1.54) is 51.4 Å². The highest BCUT2D eigenvalue weighted by Gasteiger charge is 1.96. The second kappa shape index (κ2) is 12.3. The summed E-state index contributed by atoms with van der Waals surface area (Å²) in [6, 6.07) is 0. The van der Waals surface area contributed by atoms with E-state index in [-0.39, 0.29) is 0 Å². The first-order chi connectivity index (χ1) is 7.27. The van der Waals surface area contributed by atoms with Crippen LogP contribution in [0.1, 0.15) is 71.1 Å². The van der Waals surface area contributed by atoms with E-state index in [4.69, 9.17) is 16.7 Å². The van der Waals surface area contributed by atoms with Gasteiger partial charge in [0.1, 0.15) is 0 Å². The zero-order valence-electron chi connectivity index (χ0n) is 10.2. The summed E-state index contributed by atoms with van der Waals surface area (Å²) in [7, 11) is 0. The standard InChI is InChI=1S/C13H27ClO/c1-13(14)11-9-7-5-3-2-4-6-8-10-12-15/h13,15H,2-12H2,1H3. The maximum Gasteiger partial charge on any atom is 0.0431 e. The Morgan fingerprint density at radius 3 is 1.60 bits per heavy atom. The molecule has 0 radical (unpaired) electrons. The smallest absolute Gasteiger partial charge is 0.0431 e. The lowest BCUT2D eigenvalue weighted by Crippen LogP contribution is -1.90. The third-order valence-corrected chi connectivity index (χ3v) is 2.98. The molecule has 0 fully saturated rings. The van der Waals surface area contributed by atoms with E-state index < -0.39 is 0 Å². The summed E-state index contributed by atoms with van der Waals surface area (Å²) in [5.41, 5.74) is 0. The summed E-state index contributed by atoms with van der Waals surface area (Å²) >= 11 is 5.87. The minimum absolute atomic E-state index is 0.350. The molecule has 0 heterocycles. The van der Waals surface area contributed by atoms with Gasteiger partial charge in [0.2, 0.25) is 0 Å². The Morgan fingerprint density at radius 1 is 0.800 bits per heavy atom. The van der Waals surface area contributed by atoms with E-state index in [2.05, 4.69) is 6.92 Å². The van der Waals surface area contributed by atoms with Crippen LogP contribution >= 0.6 is 11.6 Å². The molecule has 0 saturated carbocycles. The van der Waals surface area contributed by atoms with E-state index in [0.717, 1.165) is 12.8 Å². The molecule has 92 valence electrons. The summed E-state index contributed by atoms with van der Waals surface area (Å²) in [5.74, 6) is 0. The first kappa shape index (κ1) is 15.2. The van der Waals surface area contributed by atoms with Gasteiger partial charge in [-0.15, -0.1) is 11.6 Å². The summed E-state index contributed by atoms with van der Waals surface area (Å²) in [4.78, 5) is 0. The van der Waals surface area contributed by atoms with E-state index in [1.807, 2.05) is 0 Å². The molecule has 2 heteroatoms. The van der Waals surface area contributed by atoms with E-state index in [0.29, 0.717) is 12.0 Å². The number of aliphatic hydroxyl groups is 1. The number of hydrogen-bond acceptors (Lipinski definition) is 1. The van der Waals surface area contributed by atoms with Crippen LogP contribution in [0.4, 0.5) is 0 Å². The number of unbranched alkanes of at least 4 members (excludes halogenated alkanes) is 8. The van der Waals surface area contributed by atoms with Gasteiger partial charge in [0.15, 0.2) is 0 Å². The Morgan fingerprint density at radius 2 is 1.20 bits per heavy atom. The van der Waals surface area contributed by atoms with Crippen LogP contribution in [-0.4, -0.2) is 17.1 Å². The summed E-state index contributed by atoms with van der Waals surface area (Å²) in [5, 5.41) is 8.95. The van der Waals surface area contributed by atoms with Crippen molar-refractivity contribution in [3.8, 4) is 0 Å². The van der Waals surface area contributed by atoms with Crippen LogP contribution in [0.15, 0.2) is 0 Å². The summed E-state index contributed by atoms with van der Waals surface area (Å²) < 4.78 is 0. The second-order valence-corrected chi connectivity index (χ2v) is 5.22. The zero-order chi connectivity index (χ0) is 11.4. The van der Waals surface area contributed by atoms with Crippen molar-refractivity contribution in [3.05, 3.63) is 0 Å². The fourth-order valence-electron chi connectivity index (χ4n) is 1.77. The van der Waals surface area contributed by atoms with E-state index >= 15 is 0 Å². The summed E-state index contributed by atoms with van der Waals surface area (Å²) in [6.45, 7) is 2.43. The molecule has 0 bridgehead atoms. The van der Waals surface area contributed by atoms with Crippen LogP contribution in [0.2, 0.25) is 0 Å². The van der Waals surface area contributed by atoms with Gasteiger partial charge in [-0.05, 0) is 19.8 Å². The lowest BCUT2D eigenvalue weighted by atomic mass is 10.1. The first-order valence-corrected chi connectivity index (χ1v) is 6.96. The van der Waals surface area contributed by atoms with Gasteiger partial charge in [0.25, 0.3) is 0 Å². The minimum atomic E-state index is 0.350. The van der Waals surface area contributed by atoms with Crippen LogP contribution in [0.25, 0.3) is 0 Å². The van der Waals surface area contributed by atoms with Crippen molar-refractivity contribution in [1.29, 1.82) is 0 Å². The SMILES string of the molecule is CC(Cl)CCCCCCCCCCCO. The van der Waals surface area contributed by atoms with Gasteiger partial charge in [-0.2, -0.15) is 0 Å². The molecular weight excluding hydrogens is 208 g/mol. The first-order valence-electron chi connectivity index (χ1n) is 6.52. The predicted octanol–water partition coefficient (Wildman–Crippen LogP) is 4.51. The normalized spacial score (nSPS) is 13.0. The van der Waals surface area contributed by atoms with Crippen LogP contribution < -0.4 is 0 Å². The quantitative estimate of drug-likeness (QED) is 0.412. The van der Waals surface area contributed by atoms with Gasteiger partial charge >= 0.3 is 0 Å². The Labute approximate surface area is 100 Å². The lowest BCUT2D eigenvalue weighted by molar-refractivity contribution is 0.282. The third-order valence-electron chi connectivity index (χ3n) is 2.76. The number of alkyl halides is 1. The van der Waals surface area contributed by atoms with Gasteiger partial charge in [0.05, 0.1) is 0 Å². The van der Waals surface area contributed by atoms with Crippen molar-refractivity contribution in [2.75, 3.05) is 6.61 Å². The molecule has 1 N–H and O–H groups in total. The predicted molar refractivity (Wildman–Crippen MR) is 68.6 cm³/mol. The second-order valence-electron chi connectivity index (χ2n) is 4.48. The molecule has 1 nitrogen and oxygen atoms in total. The van der Waals surface area contributed by atoms with Gasteiger partial charge in [-0.25, -0.2) is 0 Å². The average molecular weight is 235 g/mol. The molecule has 1 unspecified atom stereocenters. The molecule has 0 aliphatic carbocycles. The molecule has 0 amide bonds. The van der Waals surface area contributed by atoms with Crippen molar-refractivity contribution in [1.82, 2.24) is 0 Å². The zero-order valence-corrected chi connectivity index (χ0v) is 10.9. The highest BCUT2D eigenvalue weighted by atomic mass is 35.5. The number of rotatable bonds is 11. The lowest BCUT2D eigenvalue weighted by Gasteiger charge is -2.03. The Bertz CT molecular complexity index is 115. The molecule has 0 spiro atoms. The molecule has 1 atom stereocenters. The van der Waals surface area contributed by atoms with Crippen molar-refractivity contribution in [2.24, 2.45) is 0 Å². The van der Waals surface area contributed by atoms with Crippen molar-refractivity contribution in [3.63, 3.8) is 0 Å². The third kappa shape index (κ3) is 14.2. The van der Waals surface area contributed by atoms with Gasteiger partial charge in [-0.3, -0.25) is 0 Å². The van der Waals surface area contributed by atoms with Crippen molar-refractivity contribution in [2.45, 2.75) is 76.5 Å². The van der Waals surface area contributed by atoms with Crippen LogP contribution in [0, 0.1) is 0 Å². The van der Waals surface area contributed by atoms with E-state index in [1.54, 1.807) is 0 Å². The van der Waals surface area contributed by atoms with Crippen molar-refractivity contribution >= 4 is 11.6 Å². The molecule has 15 heavy (non-hydrogen) atoms. The maximum atomic E-state index is 8.60. The number of hydrogen-bond donors (Lipinski definition) is 1. The van der Waals surface area contributed by atoms with Gasteiger partial charge in [0, 0.05) is 12.0 Å². The largest absolute Gasteiger partial charge is 0.396 e. The Kier molecular flexibility index (Phi) is 12.5. The average Bonchev–Trinajstić information content (AvgIpc) is 2.20. The highest BCUT2D eigenvalue weighted by molar-refractivity contribution is 6.20. The molecular formula is C13H27ClO. The monoisotopic (exact) mass is 234 g/mol. The maximum absolute atomic E-state index is 8.60. The summed E-state index contributed by atoms with van der Waals surface area (Å²) in [6.07, 6.45) is 12.7. The minimum Gasteiger partial charge on any atom is -0.396 e. The topological polar surface area (TPSA) is 20.2 Å². The van der Waals surface area contributed by atoms with Crippen LogP contribution in [0.3, 0.4) is 0 Å². The fraction of sp³-hybridized carbons (Fsp3) is 1.00.